The van der Waals surface area contributed by atoms with Crippen LogP contribution in [0.15, 0.2) is 11.5 Å². The molecule has 2 heteroatoms. The van der Waals surface area contributed by atoms with Crippen molar-refractivity contribution in [3.8, 4) is 0 Å². The van der Waals surface area contributed by atoms with E-state index in [0.29, 0.717) is 0 Å². The molecular formula is C6H9BO. The third-order valence-electron chi connectivity index (χ3n) is 1.78. The average molecular weight is 108 g/mol. The Kier molecular flexibility index (Phi) is 1.20. The summed E-state index contributed by atoms with van der Waals surface area (Å²) in [5.74, 6) is 1.59. The smallest absolute Gasteiger partial charge is 0.102 e. The third kappa shape index (κ3) is 0.691. The van der Waals surface area contributed by atoms with Gasteiger partial charge in [0.1, 0.15) is 7.85 Å². The van der Waals surface area contributed by atoms with Crippen LogP contribution in [0.1, 0.15) is 13.3 Å². The third-order valence-corrected chi connectivity index (χ3v) is 1.78. The summed E-state index contributed by atoms with van der Waals surface area (Å²) in [6.45, 7) is 2.24. The van der Waals surface area contributed by atoms with Crippen LogP contribution in [-0.2, 0) is 0 Å². The molecule has 0 aliphatic heterocycles. The molecule has 1 nitrogen and oxygen atoms in total. The van der Waals surface area contributed by atoms with Crippen molar-refractivity contribution in [1.29, 1.82) is 0 Å². The normalized spacial score (nSPS) is 40.5. The number of aliphatic hydroxyl groups excluding tert-OH is 1. The molecule has 0 amide bonds. The predicted molar refractivity (Wildman–Crippen MR) is 33.6 cm³/mol. The van der Waals surface area contributed by atoms with E-state index in [0.717, 1.165) is 6.42 Å². The fourth-order valence-electron chi connectivity index (χ4n) is 0.794. The van der Waals surface area contributed by atoms with Crippen molar-refractivity contribution in [2.24, 2.45) is 5.41 Å². The number of rotatable bonds is 1. The van der Waals surface area contributed by atoms with Gasteiger partial charge in [0.2, 0.25) is 0 Å². The van der Waals surface area contributed by atoms with Crippen molar-refractivity contribution in [1.82, 2.24) is 0 Å². The molecule has 1 aliphatic rings. The molecule has 0 aromatic rings. The maximum Gasteiger partial charge on any atom is 0.102 e. The van der Waals surface area contributed by atoms with Crippen LogP contribution >= 0.6 is 0 Å². The van der Waals surface area contributed by atoms with E-state index < -0.39 is 0 Å². The first kappa shape index (κ1) is 5.89. The minimum atomic E-state index is 0.0503. The van der Waals surface area contributed by atoms with Gasteiger partial charge in [0.05, 0.1) is 6.61 Å². The summed E-state index contributed by atoms with van der Waals surface area (Å²) in [6.07, 6.45) is 0.972. The van der Waals surface area contributed by atoms with E-state index in [-0.39, 0.29) is 12.0 Å². The maximum absolute atomic E-state index is 8.67. The summed E-state index contributed by atoms with van der Waals surface area (Å²) in [4.78, 5) is 0. The molecule has 0 saturated heterocycles. The highest BCUT2D eigenvalue weighted by Crippen LogP contribution is 2.50. The fraction of sp³-hybridized carbons (Fsp3) is 0.667. The van der Waals surface area contributed by atoms with Crippen molar-refractivity contribution in [2.45, 2.75) is 13.3 Å². The van der Waals surface area contributed by atoms with E-state index in [9.17, 15) is 0 Å². The molecule has 1 rings (SSSR count). The van der Waals surface area contributed by atoms with Crippen molar-refractivity contribution in [2.75, 3.05) is 6.61 Å². The predicted octanol–water partition coefficient (Wildman–Crippen LogP) is 0.441. The van der Waals surface area contributed by atoms with E-state index in [4.69, 9.17) is 13.0 Å². The molecule has 0 heterocycles. The van der Waals surface area contributed by atoms with Crippen LogP contribution in [0.3, 0.4) is 0 Å². The molecule has 0 bridgehead atoms. The molecular weight excluding hydrogens is 98.9 g/mol. The summed E-state index contributed by atoms with van der Waals surface area (Å²) in [5.41, 5.74) is 1.23. The van der Waals surface area contributed by atoms with Gasteiger partial charge in [-0.15, -0.1) is 5.98 Å². The van der Waals surface area contributed by atoms with Gasteiger partial charge in [-0.1, -0.05) is 12.5 Å². The van der Waals surface area contributed by atoms with E-state index in [1.165, 1.54) is 5.57 Å². The fourth-order valence-corrected chi connectivity index (χ4v) is 0.794. The van der Waals surface area contributed by atoms with Crippen molar-refractivity contribution in [3.05, 3.63) is 11.5 Å². The largest absolute Gasteiger partial charge is 0.395 e. The molecule has 42 valence electrons. The number of aliphatic hydroxyl groups is 1. The highest BCUT2D eigenvalue weighted by atomic mass is 16.3. The molecule has 1 atom stereocenters. The van der Waals surface area contributed by atoms with Gasteiger partial charge in [-0.25, -0.2) is 0 Å². The summed E-state index contributed by atoms with van der Waals surface area (Å²) < 4.78 is 0. The van der Waals surface area contributed by atoms with Gasteiger partial charge in [-0.05, 0) is 6.42 Å². The minimum Gasteiger partial charge on any atom is -0.395 e. The quantitative estimate of drug-likeness (QED) is 0.483. The molecule has 1 unspecified atom stereocenters. The van der Waals surface area contributed by atoms with Crippen LogP contribution in [0.4, 0.5) is 0 Å². The van der Waals surface area contributed by atoms with E-state index in [1.807, 2.05) is 6.92 Å². The lowest BCUT2D eigenvalue weighted by Crippen LogP contribution is -1.99. The lowest BCUT2D eigenvalue weighted by atomic mass is 10.1. The minimum absolute atomic E-state index is 0.0503. The standard InChI is InChI=1S/C6H9BO/c1-6(4-8)2-5(6)3-7/h3,8H,2,4H2,1H3/b5-3+. The first-order valence-corrected chi connectivity index (χ1v) is 2.75. The monoisotopic (exact) mass is 108 g/mol. The van der Waals surface area contributed by atoms with Gasteiger partial charge in [0.25, 0.3) is 0 Å². The number of hydrogen-bond donors (Lipinski definition) is 1. The van der Waals surface area contributed by atoms with Crippen molar-refractivity contribution < 1.29 is 5.11 Å². The van der Waals surface area contributed by atoms with Crippen LogP contribution in [0.25, 0.3) is 0 Å². The molecule has 2 radical (unpaired) electrons. The van der Waals surface area contributed by atoms with Crippen LogP contribution in [-0.4, -0.2) is 19.6 Å². The van der Waals surface area contributed by atoms with Gasteiger partial charge in [-0.3, -0.25) is 0 Å². The van der Waals surface area contributed by atoms with E-state index in [2.05, 4.69) is 0 Å². The Bertz CT molecular complexity index is 130. The Morgan fingerprint density at radius 1 is 2.00 bits per heavy atom. The van der Waals surface area contributed by atoms with E-state index in [1.54, 1.807) is 5.98 Å². The molecule has 0 spiro atoms. The van der Waals surface area contributed by atoms with E-state index >= 15 is 0 Å². The van der Waals surface area contributed by atoms with Crippen molar-refractivity contribution >= 4 is 7.85 Å². The summed E-state index contributed by atoms with van der Waals surface area (Å²) in [7, 11) is 5.21. The molecule has 1 N–H and O–H groups in total. The van der Waals surface area contributed by atoms with Crippen LogP contribution < -0.4 is 0 Å². The summed E-state index contributed by atoms with van der Waals surface area (Å²) >= 11 is 0. The molecule has 8 heavy (non-hydrogen) atoms. The SMILES string of the molecule is [B]/C=C1\CC1(C)CO. The Balaban J connectivity index is 2.55. The van der Waals surface area contributed by atoms with Gasteiger partial charge in [0, 0.05) is 5.41 Å². The van der Waals surface area contributed by atoms with Gasteiger partial charge in [-0.2, -0.15) is 0 Å². The van der Waals surface area contributed by atoms with Crippen LogP contribution in [0.5, 0.6) is 0 Å². The van der Waals surface area contributed by atoms with Gasteiger partial charge in [0.15, 0.2) is 0 Å². The molecule has 1 saturated carbocycles. The zero-order chi connectivity index (χ0) is 6.20. The van der Waals surface area contributed by atoms with Crippen LogP contribution in [0, 0.1) is 5.41 Å². The second kappa shape index (κ2) is 1.62. The highest BCUT2D eigenvalue weighted by Gasteiger charge is 2.41. The molecule has 1 fully saturated rings. The lowest BCUT2D eigenvalue weighted by molar-refractivity contribution is 0.232. The summed E-state index contributed by atoms with van der Waals surface area (Å²) in [5, 5.41) is 8.67. The van der Waals surface area contributed by atoms with Crippen LogP contribution in [0.2, 0.25) is 0 Å². The first-order chi connectivity index (χ1) is 3.73. The Morgan fingerprint density at radius 3 is 2.75 bits per heavy atom. The summed E-state index contributed by atoms with van der Waals surface area (Å²) in [6, 6.07) is 0. The molecule has 0 aromatic carbocycles. The van der Waals surface area contributed by atoms with Gasteiger partial charge >= 0.3 is 0 Å². The average Bonchev–Trinajstić information content (AvgIpc) is 2.44. The zero-order valence-electron chi connectivity index (χ0n) is 5.02. The molecule has 1 aliphatic carbocycles. The lowest BCUT2D eigenvalue weighted by Gasteiger charge is -1.97. The van der Waals surface area contributed by atoms with Crippen molar-refractivity contribution in [3.63, 3.8) is 0 Å². The highest BCUT2D eigenvalue weighted by molar-refractivity contribution is 6.17. The number of hydrogen-bond acceptors (Lipinski definition) is 1. The second-order valence-corrected chi connectivity index (χ2v) is 2.59. The molecule has 0 aromatic heterocycles. The Hall–Kier alpha value is -0.235. The van der Waals surface area contributed by atoms with Gasteiger partial charge < -0.3 is 5.11 Å². The first-order valence-electron chi connectivity index (χ1n) is 2.75. The second-order valence-electron chi connectivity index (χ2n) is 2.59. The zero-order valence-corrected chi connectivity index (χ0v) is 5.02. The topological polar surface area (TPSA) is 20.2 Å². The Morgan fingerprint density at radius 2 is 2.62 bits per heavy atom. The maximum atomic E-state index is 8.67. The Labute approximate surface area is 50.8 Å².